The van der Waals surface area contributed by atoms with Crippen molar-refractivity contribution >= 4 is 11.8 Å². The monoisotopic (exact) mass is 208 g/mol. The summed E-state index contributed by atoms with van der Waals surface area (Å²) in [7, 11) is 1.50. The number of nitrogens with zero attached hydrogens (tertiary/aromatic N) is 1. The normalized spacial score (nSPS) is 23.0. The van der Waals surface area contributed by atoms with Crippen LogP contribution in [0.25, 0.3) is 0 Å². The van der Waals surface area contributed by atoms with Crippen LogP contribution in [0.5, 0.6) is 0 Å². The molecule has 4 nitrogen and oxygen atoms in total. The summed E-state index contributed by atoms with van der Waals surface area (Å²) >= 11 is 0. The number of hydrogen-bond donors (Lipinski definition) is 1. The Bertz CT molecular complexity index is 306. The molecule has 0 spiro atoms. The lowest BCUT2D eigenvalue weighted by molar-refractivity contribution is -0.137. The molecule has 1 aliphatic heterocycles. The molecule has 2 unspecified atom stereocenters. The number of likely N-dealkylation sites (N-methyl/N-ethyl adjacent to an activating group) is 1. The minimum atomic E-state index is -0.435. The second kappa shape index (κ2) is 4.94. The van der Waals surface area contributed by atoms with Crippen LogP contribution in [0.3, 0.4) is 0 Å². The third kappa shape index (κ3) is 2.57. The molecule has 1 fully saturated rings. The van der Waals surface area contributed by atoms with E-state index in [0.717, 1.165) is 17.7 Å². The van der Waals surface area contributed by atoms with Gasteiger partial charge in [-0.25, -0.2) is 0 Å². The standard InChI is InChI=1S/C11H16N2O2/c1-4-6-8(5-2)12-9-7-10(14)13(3)11(9)15/h2,8-9,12H,4,6-7H2,1,3H3. The SMILES string of the molecule is C#CC(CCC)NC1CC(=O)N(C)C1=O. The molecule has 1 rings (SSSR count). The molecule has 0 saturated carbocycles. The Morgan fingerprint density at radius 3 is 2.73 bits per heavy atom. The average molecular weight is 208 g/mol. The summed E-state index contributed by atoms with van der Waals surface area (Å²) in [5.74, 6) is 2.25. The van der Waals surface area contributed by atoms with Gasteiger partial charge in [0.25, 0.3) is 0 Å². The maximum Gasteiger partial charge on any atom is 0.246 e. The predicted octanol–water partition coefficient (Wildman–Crippen LogP) is 0.135. The second-order valence-corrected chi connectivity index (χ2v) is 3.72. The van der Waals surface area contributed by atoms with E-state index >= 15 is 0 Å². The summed E-state index contributed by atoms with van der Waals surface area (Å²) in [4.78, 5) is 23.9. The molecule has 0 radical (unpaired) electrons. The van der Waals surface area contributed by atoms with Crippen molar-refractivity contribution in [2.75, 3.05) is 7.05 Å². The Morgan fingerprint density at radius 2 is 2.33 bits per heavy atom. The van der Waals surface area contributed by atoms with Crippen molar-refractivity contribution in [3.63, 3.8) is 0 Å². The number of carbonyl (C=O) groups is 2. The van der Waals surface area contributed by atoms with E-state index in [1.165, 1.54) is 7.05 Å². The predicted molar refractivity (Wildman–Crippen MR) is 56.8 cm³/mol. The van der Waals surface area contributed by atoms with Gasteiger partial charge in [0.2, 0.25) is 11.8 Å². The minimum Gasteiger partial charge on any atom is -0.292 e. The molecule has 0 aromatic carbocycles. The Balaban J connectivity index is 2.56. The van der Waals surface area contributed by atoms with Crippen LogP contribution in [0.15, 0.2) is 0 Å². The third-order valence-electron chi connectivity index (χ3n) is 2.56. The number of nitrogens with one attached hydrogen (secondary N) is 1. The molecule has 0 aromatic rings. The average Bonchev–Trinajstić information content (AvgIpc) is 2.46. The molecule has 0 aromatic heterocycles. The number of imide groups is 1. The van der Waals surface area contributed by atoms with E-state index in [-0.39, 0.29) is 24.3 Å². The largest absolute Gasteiger partial charge is 0.292 e. The quantitative estimate of drug-likeness (QED) is 0.528. The molecule has 1 aliphatic rings. The Hall–Kier alpha value is -1.34. The first-order valence-corrected chi connectivity index (χ1v) is 5.12. The number of amides is 2. The molecule has 1 saturated heterocycles. The summed E-state index contributed by atoms with van der Waals surface area (Å²) in [5, 5.41) is 3.03. The van der Waals surface area contributed by atoms with E-state index in [2.05, 4.69) is 11.2 Å². The Kier molecular flexibility index (Phi) is 3.87. The van der Waals surface area contributed by atoms with Crippen LogP contribution in [0, 0.1) is 12.3 Å². The number of terminal acetylenes is 1. The van der Waals surface area contributed by atoms with Crippen molar-refractivity contribution in [2.24, 2.45) is 0 Å². The zero-order valence-corrected chi connectivity index (χ0v) is 9.12. The van der Waals surface area contributed by atoms with E-state index in [1.54, 1.807) is 0 Å². The third-order valence-corrected chi connectivity index (χ3v) is 2.56. The van der Waals surface area contributed by atoms with Crippen LogP contribution in [0.4, 0.5) is 0 Å². The molecule has 1 heterocycles. The molecule has 2 amide bonds. The molecule has 0 bridgehead atoms. The highest BCUT2D eigenvalue weighted by atomic mass is 16.2. The molecule has 0 aliphatic carbocycles. The van der Waals surface area contributed by atoms with Crippen molar-refractivity contribution in [1.29, 1.82) is 0 Å². The first-order valence-electron chi connectivity index (χ1n) is 5.12. The van der Waals surface area contributed by atoms with Crippen LogP contribution in [0.1, 0.15) is 26.2 Å². The summed E-state index contributed by atoms with van der Waals surface area (Å²) in [6.07, 6.45) is 7.32. The highest BCUT2D eigenvalue weighted by molar-refractivity contribution is 6.05. The van der Waals surface area contributed by atoms with Gasteiger partial charge in [-0.2, -0.15) is 0 Å². The Morgan fingerprint density at radius 1 is 1.67 bits per heavy atom. The summed E-state index contributed by atoms with van der Waals surface area (Å²) in [6, 6.07) is -0.557. The minimum absolute atomic E-state index is 0.122. The summed E-state index contributed by atoms with van der Waals surface area (Å²) in [5.41, 5.74) is 0. The maximum absolute atomic E-state index is 11.5. The summed E-state index contributed by atoms with van der Waals surface area (Å²) in [6.45, 7) is 2.03. The first kappa shape index (κ1) is 11.7. The summed E-state index contributed by atoms with van der Waals surface area (Å²) < 4.78 is 0. The lowest BCUT2D eigenvalue weighted by Gasteiger charge is -2.16. The highest BCUT2D eigenvalue weighted by Gasteiger charge is 2.36. The lowest BCUT2D eigenvalue weighted by Crippen LogP contribution is -2.42. The van der Waals surface area contributed by atoms with Crippen molar-refractivity contribution in [1.82, 2.24) is 10.2 Å². The fourth-order valence-corrected chi connectivity index (χ4v) is 1.63. The van der Waals surface area contributed by atoms with Crippen LogP contribution < -0.4 is 5.32 Å². The fourth-order valence-electron chi connectivity index (χ4n) is 1.63. The van der Waals surface area contributed by atoms with Crippen molar-refractivity contribution in [3.8, 4) is 12.3 Å². The van der Waals surface area contributed by atoms with E-state index in [0.29, 0.717) is 0 Å². The molecule has 4 heteroatoms. The van der Waals surface area contributed by atoms with E-state index in [9.17, 15) is 9.59 Å². The fraction of sp³-hybridized carbons (Fsp3) is 0.636. The topological polar surface area (TPSA) is 49.4 Å². The number of rotatable bonds is 4. The van der Waals surface area contributed by atoms with Gasteiger partial charge in [0.1, 0.15) is 0 Å². The highest BCUT2D eigenvalue weighted by Crippen LogP contribution is 2.12. The molecule has 15 heavy (non-hydrogen) atoms. The smallest absolute Gasteiger partial charge is 0.246 e. The molecule has 2 atom stereocenters. The van der Waals surface area contributed by atoms with Gasteiger partial charge in [0.15, 0.2) is 0 Å². The number of hydrogen-bond acceptors (Lipinski definition) is 3. The van der Waals surface area contributed by atoms with Crippen LogP contribution >= 0.6 is 0 Å². The van der Waals surface area contributed by atoms with Crippen molar-refractivity contribution in [3.05, 3.63) is 0 Å². The van der Waals surface area contributed by atoms with E-state index < -0.39 is 6.04 Å². The second-order valence-electron chi connectivity index (χ2n) is 3.72. The van der Waals surface area contributed by atoms with Crippen LogP contribution in [-0.2, 0) is 9.59 Å². The number of likely N-dealkylation sites (tertiary alicyclic amines) is 1. The lowest BCUT2D eigenvalue weighted by atomic mass is 10.1. The van der Waals surface area contributed by atoms with Crippen molar-refractivity contribution in [2.45, 2.75) is 38.3 Å². The maximum atomic E-state index is 11.5. The number of carbonyl (C=O) groups excluding carboxylic acids is 2. The van der Waals surface area contributed by atoms with Gasteiger partial charge < -0.3 is 0 Å². The van der Waals surface area contributed by atoms with E-state index in [1.807, 2.05) is 6.92 Å². The van der Waals surface area contributed by atoms with E-state index in [4.69, 9.17) is 6.42 Å². The van der Waals surface area contributed by atoms with Gasteiger partial charge in [-0.1, -0.05) is 19.3 Å². The van der Waals surface area contributed by atoms with Gasteiger partial charge in [0, 0.05) is 7.05 Å². The van der Waals surface area contributed by atoms with Gasteiger partial charge in [-0.15, -0.1) is 6.42 Å². The van der Waals surface area contributed by atoms with Gasteiger partial charge >= 0.3 is 0 Å². The van der Waals surface area contributed by atoms with Gasteiger partial charge in [-0.05, 0) is 6.42 Å². The molecular formula is C11H16N2O2. The molecular weight excluding hydrogens is 192 g/mol. The molecule has 1 N–H and O–H groups in total. The zero-order valence-electron chi connectivity index (χ0n) is 9.12. The Labute approximate surface area is 90.0 Å². The molecule has 82 valence electrons. The van der Waals surface area contributed by atoms with Crippen LogP contribution in [-0.4, -0.2) is 35.8 Å². The first-order chi connectivity index (χ1) is 7.10. The van der Waals surface area contributed by atoms with Crippen LogP contribution in [0.2, 0.25) is 0 Å². The van der Waals surface area contributed by atoms with Crippen molar-refractivity contribution < 1.29 is 9.59 Å². The van der Waals surface area contributed by atoms with Gasteiger partial charge in [-0.3, -0.25) is 19.8 Å². The van der Waals surface area contributed by atoms with Gasteiger partial charge in [0.05, 0.1) is 18.5 Å². The zero-order chi connectivity index (χ0) is 11.4.